The first kappa shape index (κ1) is 17.9. The fourth-order valence-electron chi connectivity index (χ4n) is 3.24. The van der Waals surface area contributed by atoms with Crippen molar-refractivity contribution in [2.75, 3.05) is 13.2 Å². The van der Waals surface area contributed by atoms with Crippen molar-refractivity contribution in [1.29, 1.82) is 0 Å². The molecule has 1 atom stereocenters. The topological polar surface area (TPSA) is 83.0 Å². The molecule has 1 aliphatic carbocycles. The van der Waals surface area contributed by atoms with E-state index in [9.17, 15) is 9.90 Å². The summed E-state index contributed by atoms with van der Waals surface area (Å²) in [5.41, 5.74) is 0.732. The standard InChI is InChI=1S/C19H27N3O3/c1-5-15(13-6-7-13)21-16-12(2)20-10-14(16)17(23)22-19(18(3,4)24)8-9-25-11-19/h5,10,13,20,24H,2,6-9,11H2,1,3-4H3,(H,22,23)/b15-5-,21-16+. The molecule has 2 heterocycles. The zero-order valence-electron chi connectivity index (χ0n) is 15.2. The van der Waals surface area contributed by atoms with E-state index < -0.39 is 11.1 Å². The van der Waals surface area contributed by atoms with Gasteiger partial charge in [-0.05, 0) is 40.0 Å². The van der Waals surface area contributed by atoms with Crippen LogP contribution >= 0.6 is 0 Å². The highest BCUT2D eigenvalue weighted by molar-refractivity contribution is 6.29. The number of aliphatic hydroxyl groups is 1. The van der Waals surface area contributed by atoms with Crippen molar-refractivity contribution in [3.63, 3.8) is 0 Å². The van der Waals surface area contributed by atoms with E-state index in [2.05, 4.69) is 17.2 Å². The molecule has 25 heavy (non-hydrogen) atoms. The third-order valence-electron chi connectivity index (χ3n) is 5.25. The van der Waals surface area contributed by atoms with Gasteiger partial charge in [0.2, 0.25) is 0 Å². The molecule has 3 rings (SSSR count). The molecule has 1 saturated heterocycles. The quantitative estimate of drug-likeness (QED) is 0.709. The lowest BCUT2D eigenvalue weighted by molar-refractivity contribution is -0.123. The van der Waals surface area contributed by atoms with Crippen LogP contribution in [0.2, 0.25) is 0 Å². The summed E-state index contributed by atoms with van der Waals surface area (Å²) < 4.78 is 5.45. The molecule has 2 aliphatic heterocycles. The minimum absolute atomic E-state index is 0.274. The average Bonchev–Trinajstić information content (AvgIpc) is 3.15. The number of allylic oxidation sites excluding steroid dienone is 3. The van der Waals surface area contributed by atoms with E-state index in [4.69, 9.17) is 9.73 Å². The summed E-state index contributed by atoms with van der Waals surface area (Å²) in [6.45, 7) is 10.1. The highest BCUT2D eigenvalue weighted by atomic mass is 16.5. The molecule has 136 valence electrons. The van der Waals surface area contributed by atoms with Crippen molar-refractivity contribution in [1.82, 2.24) is 10.6 Å². The molecule has 3 N–H and O–H groups in total. The largest absolute Gasteiger partial charge is 0.388 e. The van der Waals surface area contributed by atoms with Crippen molar-refractivity contribution >= 4 is 11.6 Å². The Balaban J connectivity index is 1.83. The lowest BCUT2D eigenvalue weighted by Crippen LogP contribution is -2.62. The second-order valence-electron chi connectivity index (χ2n) is 7.53. The van der Waals surface area contributed by atoms with Crippen LogP contribution in [0.3, 0.4) is 0 Å². The summed E-state index contributed by atoms with van der Waals surface area (Å²) in [5, 5.41) is 16.5. The number of nitrogens with one attached hydrogen (secondary N) is 2. The smallest absolute Gasteiger partial charge is 0.255 e. The normalized spacial score (nSPS) is 29.0. The second kappa shape index (κ2) is 6.42. The zero-order chi connectivity index (χ0) is 18.2. The Morgan fingerprint density at radius 2 is 2.28 bits per heavy atom. The Labute approximate surface area is 148 Å². The molecule has 3 aliphatic rings. The maximum atomic E-state index is 12.9. The molecule has 6 heteroatoms. The maximum absolute atomic E-state index is 12.9. The molecule has 0 aromatic heterocycles. The van der Waals surface area contributed by atoms with Crippen molar-refractivity contribution < 1.29 is 14.6 Å². The Morgan fingerprint density at radius 3 is 2.80 bits per heavy atom. The number of ether oxygens (including phenoxy) is 1. The van der Waals surface area contributed by atoms with Gasteiger partial charge in [0.25, 0.3) is 5.91 Å². The molecule has 0 aromatic rings. The summed E-state index contributed by atoms with van der Waals surface area (Å²) >= 11 is 0. The summed E-state index contributed by atoms with van der Waals surface area (Å²) in [6, 6.07) is 0. The van der Waals surface area contributed by atoms with Crippen LogP contribution in [0, 0.1) is 5.92 Å². The van der Waals surface area contributed by atoms with Crippen LogP contribution in [0.4, 0.5) is 0 Å². The van der Waals surface area contributed by atoms with E-state index in [1.54, 1.807) is 20.0 Å². The van der Waals surface area contributed by atoms with Gasteiger partial charge in [0.1, 0.15) is 5.71 Å². The van der Waals surface area contributed by atoms with E-state index >= 15 is 0 Å². The molecular weight excluding hydrogens is 318 g/mol. The first-order valence-electron chi connectivity index (χ1n) is 8.81. The third kappa shape index (κ3) is 3.41. The number of rotatable bonds is 5. The first-order valence-corrected chi connectivity index (χ1v) is 8.81. The average molecular weight is 345 g/mol. The fraction of sp³-hybridized carbons (Fsp3) is 0.579. The molecule has 1 saturated carbocycles. The minimum Gasteiger partial charge on any atom is -0.388 e. The highest BCUT2D eigenvalue weighted by Gasteiger charge is 2.49. The Kier molecular flexibility index (Phi) is 4.60. The summed E-state index contributed by atoms with van der Waals surface area (Å²) in [6.07, 6.45) is 6.47. The number of carbonyl (C=O) groups excluding carboxylic acids is 1. The Bertz CT molecular complexity index is 673. The van der Waals surface area contributed by atoms with Crippen molar-refractivity contribution in [2.45, 2.75) is 51.2 Å². The van der Waals surface area contributed by atoms with Gasteiger partial charge in [-0.25, -0.2) is 0 Å². The summed E-state index contributed by atoms with van der Waals surface area (Å²) in [7, 11) is 0. The number of nitrogens with zero attached hydrogens (tertiary/aromatic N) is 1. The van der Waals surface area contributed by atoms with Crippen LogP contribution in [-0.2, 0) is 9.53 Å². The SMILES string of the molecule is C=C1NC=C(C(=O)NC2(C(C)(C)O)CCOC2)/C1=N/C(=C\C)C1CC1. The maximum Gasteiger partial charge on any atom is 0.255 e. The molecule has 0 radical (unpaired) electrons. The van der Waals surface area contributed by atoms with Gasteiger partial charge >= 0.3 is 0 Å². The third-order valence-corrected chi connectivity index (χ3v) is 5.25. The predicted octanol–water partition coefficient (Wildman–Crippen LogP) is 1.79. The molecular formula is C19H27N3O3. The number of aliphatic imine (C=N–C) groups is 1. The number of amides is 1. The number of carbonyl (C=O) groups is 1. The van der Waals surface area contributed by atoms with Gasteiger partial charge in [-0.15, -0.1) is 0 Å². The molecule has 6 nitrogen and oxygen atoms in total. The summed E-state index contributed by atoms with van der Waals surface area (Å²) in [5.74, 6) is 0.213. The number of hydrogen-bond donors (Lipinski definition) is 3. The minimum atomic E-state index is -1.09. The fourth-order valence-corrected chi connectivity index (χ4v) is 3.24. The highest BCUT2D eigenvalue weighted by Crippen LogP contribution is 2.38. The van der Waals surface area contributed by atoms with Gasteiger partial charge in [-0.2, -0.15) is 0 Å². The Morgan fingerprint density at radius 1 is 1.56 bits per heavy atom. The van der Waals surface area contributed by atoms with E-state index in [0.717, 1.165) is 18.5 Å². The molecule has 1 unspecified atom stereocenters. The second-order valence-corrected chi connectivity index (χ2v) is 7.53. The molecule has 0 bridgehead atoms. The van der Waals surface area contributed by atoms with Gasteiger partial charge in [-0.1, -0.05) is 12.7 Å². The molecule has 2 fully saturated rings. The lowest BCUT2D eigenvalue weighted by Gasteiger charge is -2.39. The van der Waals surface area contributed by atoms with Crippen LogP contribution < -0.4 is 10.6 Å². The van der Waals surface area contributed by atoms with Gasteiger partial charge in [0.15, 0.2) is 0 Å². The zero-order valence-corrected chi connectivity index (χ0v) is 15.2. The first-order chi connectivity index (χ1) is 11.8. The Hall–Kier alpha value is -1.92. The summed E-state index contributed by atoms with van der Waals surface area (Å²) in [4.78, 5) is 17.6. The van der Waals surface area contributed by atoms with Crippen molar-refractivity contribution in [3.8, 4) is 0 Å². The van der Waals surface area contributed by atoms with E-state index in [0.29, 0.717) is 42.5 Å². The van der Waals surface area contributed by atoms with Gasteiger partial charge in [0, 0.05) is 24.4 Å². The van der Waals surface area contributed by atoms with E-state index in [1.165, 1.54) is 0 Å². The molecule has 0 spiro atoms. The van der Waals surface area contributed by atoms with Crippen molar-refractivity contribution in [2.24, 2.45) is 10.9 Å². The van der Waals surface area contributed by atoms with Crippen LogP contribution in [0.15, 0.2) is 40.8 Å². The molecule has 0 aromatic carbocycles. The van der Waals surface area contributed by atoms with E-state index in [-0.39, 0.29) is 5.91 Å². The van der Waals surface area contributed by atoms with Gasteiger partial charge < -0.3 is 20.5 Å². The van der Waals surface area contributed by atoms with Crippen LogP contribution in [-0.4, -0.2) is 41.1 Å². The van der Waals surface area contributed by atoms with Crippen LogP contribution in [0.1, 0.15) is 40.0 Å². The van der Waals surface area contributed by atoms with Crippen molar-refractivity contribution in [3.05, 3.63) is 35.8 Å². The van der Waals surface area contributed by atoms with E-state index in [1.807, 2.05) is 13.0 Å². The van der Waals surface area contributed by atoms with Crippen LogP contribution in [0.25, 0.3) is 0 Å². The monoisotopic (exact) mass is 345 g/mol. The van der Waals surface area contributed by atoms with Gasteiger partial charge in [0.05, 0.1) is 29.0 Å². The predicted molar refractivity (Wildman–Crippen MR) is 96.9 cm³/mol. The molecule has 1 amide bonds. The van der Waals surface area contributed by atoms with Gasteiger partial charge in [-0.3, -0.25) is 9.79 Å². The lowest BCUT2D eigenvalue weighted by atomic mass is 9.81. The number of hydrogen-bond acceptors (Lipinski definition) is 5. The van der Waals surface area contributed by atoms with Crippen LogP contribution in [0.5, 0.6) is 0 Å².